The molecular weight excluding hydrogens is 256 g/mol. The van der Waals surface area contributed by atoms with Crippen LogP contribution in [-0.4, -0.2) is 23.4 Å². The van der Waals surface area contributed by atoms with Gasteiger partial charge in [-0.15, -0.1) is 0 Å². The first-order valence-electron chi connectivity index (χ1n) is 6.40. The number of nitrogens with zero attached hydrogens (tertiary/aromatic N) is 2. The second kappa shape index (κ2) is 6.34. The molecule has 1 aromatic carbocycles. The molecule has 1 aromatic heterocycles. The van der Waals surface area contributed by atoms with Crippen molar-refractivity contribution in [1.29, 1.82) is 0 Å². The van der Waals surface area contributed by atoms with Gasteiger partial charge >= 0.3 is 5.76 Å². The zero-order chi connectivity index (χ0) is 14.5. The Labute approximate surface area is 117 Å². The Kier molecular flexibility index (Phi) is 4.53. The van der Waals surface area contributed by atoms with Gasteiger partial charge in [0.2, 0.25) is 0 Å². The number of rotatable bonds is 5. The molecule has 0 saturated heterocycles. The highest BCUT2D eigenvalue weighted by molar-refractivity contribution is 5.59. The summed E-state index contributed by atoms with van der Waals surface area (Å²) in [6, 6.07) is 7.77. The summed E-state index contributed by atoms with van der Waals surface area (Å²) in [6.45, 7) is 4.89. The van der Waals surface area contributed by atoms with Crippen LogP contribution in [0.2, 0.25) is 0 Å². The van der Waals surface area contributed by atoms with Crippen LogP contribution in [0.3, 0.4) is 0 Å². The van der Waals surface area contributed by atoms with Crippen molar-refractivity contribution in [3.8, 4) is 11.4 Å². The predicted octanol–water partition coefficient (Wildman–Crippen LogP) is 2.40. The summed E-state index contributed by atoms with van der Waals surface area (Å²) in [5, 5.41) is 3.89. The predicted molar refractivity (Wildman–Crippen MR) is 76.6 cm³/mol. The van der Waals surface area contributed by atoms with Crippen LogP contribution in [0.4, 0.5) is 0 Å². The molecule has 1 heterocycles. The molecule has 2 aromatic rings. The van der Waals surface area contributed by atoms with E-state index in [1.807, 2.05) is 44.2 Å². The molecule has 0 spiro atoms. The number of hydrogen-bond acceptors (Lipinski definition) is 4. The summed E-state index contributed by atoms with van der Waals surface area (Å²) in [4.78, 5) is 11.8. The third-order valence-corrected chi connectivity index (χ3v) is 3.07. The van der Waals surface area contributed by atoms with Gasteiger partial charge in [-0.1, -0.05) is 41.1 Å². The van der Waals surface area contributed by atoms with Crippen molar-refractivity contribution in [3.63, 3.8) is 0 Å². The molecular formula is C15H18N2O3. The highest BCUT2D eigenvalue weighted by atomic mass is 16.5. The van der Waals surface area contributed by atoms with E-state index < -0.39 is 5.76 Å². The molecule has 0 aliphatic carbocycles. The first kappa shape index (κ1) is 14.3. The highest BCUT2D eigenvalue weighted by Crippen LogP contribution is 2.20. The van der Waals surface area contributed by atoms with Crippen LogP contribution in [-0.2, 0) is 11.3 Å². The average molecular weight is 274 g/mol. The molecule has 20 heavy (non-hydrogen) atoms. The maximum absolute atomic E-state index is 11.8. The molecule has 0 bridgehead atoms. The van der Waals surface area contributed by atoms with Crippen LogP contribution in [0.15, 0.2) is 45.2 Å². The number of hydrogen-bond donors (Lipinski definition) is 0. The molecule has 0 amide bonds. The van der Waals surface area contributed by atoms with E-state index in [2.05, 4.69) is 5.16 Å². The zero-order valence-corrected chi connectivity index (χ0v) is 11.9. The fraction of sp³-hybridized carbons (Fsp3) is 0.333. The van der Waals surface area contributed by atoms with E-state index in [1.54, 1.807) is 7.11 Å². The van der Waals surface area contributed by atoms with Gasteiger partial charge < -0.3 is 4.74 Å². The van der Waals surface area contributed by atoms with Crippen molar-refractivity contribution < 1.29 is 9.26 Å². The van der Waals surface area contributed by atoms with Gasteiger partial charge in [-0.3, -0.25) is 9.09 Å². The molecule has 2 rings (SSSR count). The van der Waals surface area contributed by atoms with E-state index in [4.69, 9.17) is 9.26 Å². The van der Waals surface area contributed by atoms with Crippen LogP contribution >= 0.6 is 0 Å². The van der Waals surface area contributed by atoms with Gasteiger partial charge in [0.05, 0.1) is 6.61 Å². The lowest BCUT2D eigenvalue weighted by atomic mass is 10.1. The Morgan fingerprint density at radius 2 is 2.20 bits per heavy atom. The summed E-state index contributed by atoms with van der Waals surface area (Å²) >= 11 is 0. The summed E-state index contributed by atoms with van der Waals surface area (Å²) in [5.74, 6) is 0.0966. The SMILES string of the molecule is COC/C(C)=C/Cn1c(-c2ccccc2C)noc1=O. The van der Waals surface area contributed by atoms with Gasteiger partial charge in [-0.25, -0.2) is 4.79 Å². The van der Waals surface area contributed by atoms with E-state index in [-0.39, 0.29) is 0 Å². The Morgan fingerprint density at radius 1 is 1.45 bits per heavy atom. The quantitative estimate of drug-likeness (QED) is 0.786. The minimum atomic E-state index is -0.454. The van der Waals surface area contributed by atoms with E-state index in [9.17, 15) is 4.79 Å². The molecule has 0 fully saturated rings. The first-order valence-corrected chi connectivity index (χ1v) is 6.40. The van der Waals surface area contributed by atoms with Crippen molar-refractivity contribution in [1.82, 2.24) is 9.72 Å². The largest absolute Gasteiger partial charge is 0.442 e. The summed E-state index contributed by atoms with van der Waals surface area (Å²) in [6.07, 6.45) is 1.93. The third kappa shape index (κ3) is 3.05. The maximum Gasteiger partial charge on any atom is 0.442 e. The molecule has 0 radical (unpaired) electrons. The van der Waals surface area contributed by atoms with Gasteiger partial charge in [0.15, 0.2) is 5.82 Å². The highest BCUT2D eigenvalue weighted by Gasteiger charge is 2.13. The number of benzene rings is 1. The zero-order valence-electron chi connectivity index (χ0n) is 11.9. The molecule has 0 aliphatic rings. The molecule has 0 saturated carbocycles. The first-order chi connectivity index (χ1) is 9.63. The number of methoxy groups -OCH3 is 1. The van der Waals surface area contributed by atoms with Crippen LogP contribution in [0.1, 0.15) is 12.5 Å². The van der Waals surface area contributed by atoms with Crippen molar-refractivity contribution in [3.05, 3.63) is 52.0 Å². The van der Waals surface area contributed by atoms with Crippen molar-refractivity contribution in [2.24, 2.45) is 0 Å². The van der Waals surface area contributed by atoms with Gasteiger partial charge in [-0.05, 0) is 19.4 Å². The van der Waals surface area contributed by atoms with Gasteiger partial charge in [0.1, 0.15) is 0 Å². The summed E-state index contributed by atoms with van der Waals surface area (Å²) in [7, 11) is 1.64. The molecule has 5 nitrogen and oxygen atoms in total. The Balaban J connectivity index is 2.36. The Bertz CT molecular complexity index is 668. The monoisotopic (exact) mass is 274 g/mol. The second-order valence-electron chi connectivity index (χ2n) is 4.68. The second-order valence-corrected chi connectivity index (χ2v) is 4.68. The van der Waals surface area contributed by atoms with Crippen molar-refractivity contribution in [2.45, 2.75) is 20.4 Å². The lowest BCUT2D eigenvalue weighted by molar-refractivity contribution is 0.225. The minimum Gasteiger partial charge on any atom is -0.380 e. The van der Waals surface area contributed by atoms with Crippen molar-refractivity contribution >= 4 is 0 Å². The number of aryl methyl sites for hydroxylation is 1. The van der Waals surface area contributed by atoms with E-state index in [1.165, 1.54) is 4.57 Å². The number of ether oxygens (including phenoxy) is 1. The van der Waals surface area contributed by atoms with Gasteiger partial charge in [0.25, 0.3) is 0 Å². The molecule has 0 aliphatic heterocycles. The van der Waals surface area contributed by atoms with Crippen molar-refractivity contribution in [2.75, 3.05) is 13.7 Å². The smallest absolute Gasteiger partial charge is 0.380 e. The van der Waals surface area contributed by atoms with Gasteiger partial charge in [-0.2, -0.15) is 0 Å². The summed E-state index contributed by atoms with van der Waals surface area (Å²) in [5.41, 5.74) is 3.00. The number of aromatic nitrogens is 2. The average Bonchev–Trinajstić information content (AvgIpc) is 2.78. The molecule has 0 unspecified atom stereocenters. The third-order valence-electron chi connectivity index (χ3n) is 3.07. The topological polar surface area (TPSA) is 57.3 Å². The van der Waals surface area contributed by atoms with Crippen LogP contribution in [0, 0.1) is 6.92 Å². The fourth-order valence-corrected chi connectivity index (χ4v) is 1.98. The molecule has 106 valence electrons. The van der Waals surface area contributed by atoms with E-state index >= 15 is 0 Å². The maximum atomic E-state index is 11.8. The number of allylic oxidation sites excluding steroid dienone is 1. The summed E-state index contributed by atoms with van der Waals surface area (Å²) < 4.78 is 11.4. The lowest BCUT2D eigenvalue weighted by Gasteiger charge is -2.05. The van der Waals surface area contributed by atoms with E-state index in [0.29, 0.717) is 19.0 Å². The van der Waals surface area contributed by atoms with Crippen LogP contribution < -0.4 is 5.76 Å². The van der Waals surface area contributed by atoms with Crippen LogP contribution in [0.5, 0.6) is 0 Å². The minimum absolute atomic E-state index is 0.418. The Hall–Kier alpha value is -2.14. The Morgan fingerprint density at radius 3 is 2.90 bits per heavy atom. The van der Waals surface area contributed by atoms with E-state index in [0.717, 1.165) is 16.7 Å². The standard InChI is InChI=1S/C15H18N2O3/c1-11(10-19-3)8-9-17-14(16-20-15(17)18)13-7-5-4-6-12(13)2/h4-8H,9-10H2,1-3H3/b11-8+. The van der Waals surface area contributed by atoms with Crippen LogP contribution in [0.25, 0.3) is 11.4 Å². The molecule has 0 atom stereocenters. The fourth-order valence-electron chi connectivity index (χ4n) is 1.98. The lowest BCUT2D eigenvalue weighted by Crippen LogP contribution is -2.15. The molecule has 5 heteroatoms. The normalized spacial score (nSPS) is 11.8. The molecule has 0 N–H and O–H groups in total. The van der Waals surface area contributed by atoms with Gasteiger partial charge in [0, 0.05) is 19.2 Å².